The van der Waals surface area contributed by atoms with Crippen molar-refractivity contribution in [3.8, 4) is 0 Å². The van der Waals surface area contributed by atoms with Crippen LogP contribution in [0.25, 0.3) is 0 Å². The van der Waals surface area contributed by atoms with Crippen molar-refractivity contribution < 1.29 is 9.53 Å². The number of hydrazine groups is 1. The first-order valence-electron chi connectivity index (χ1n) is 5.85. The van der Waals surface area contributed by atoms with Crippen LogP contribution in [0.15, 0.2) is 6.20 Å². The predicted molar refractivity (Wildman–Crippen MR) is 68.0 cm³/mol. The van der Waals surface area contributed by atoms with Gasteiger partial charge in [-0.3, -0.25) is 14.9 Å². The molecule has 2 atom stereocenters. The van der Waals surface area contributed by atoms with Crippen LogP contribution in [0.1, 0.15) is 23.8 Å². The molecule has 2 rings (SSSR count). The number of nitrogens with zero attached hydrogens (tertiary/aromatic N) is 3. The van der Waals surface area contributed by atoms with Gasteiger partial charge < -0.3 is 4.74 Å². The number of rotatable bonds is 5. The van der Waals surface area contributed by atoms with Crippen molar-refractivity contribution >= 4 is 17.7 Å². The van der Waals surface area contributed by atoms with Crippen molar-refractivity contribution in [1.82, 2.24) is 20.4 Å². The number of hydrogen-bond donors (Lipinski definition) is 2. The Bertz CT molecular complexity index is 411. The van der Waals surface area contributed by atoms with Crippen LogP contribution in [0.5, 0.6) is 0 Å². The predicted octanol–water partition coefficient (Wildman–Crippen LogP) is -0.208. The summed E-state index contributed by atoms with van der Waals surface area (Å²) in [5.41, 5.74) is 2.26. The Hall–Kier alpha value is -1.12. The van der Waals surface area contributed by atoms with Crippen molar-refractivity contribution in [2.45, 2.75) is 31.2 Å². The Morgan fingerprint density at radius 3 is 3.28 bits per heavy atom. The van der Waals surface area contributed by atoms with Gasteiger partial charge in [0, 0.05) is 17.6 Å². The third-order valence-corrected chi connectivity index (χ3v) is 4.33. The maximum atomic E-state index is 11.2. The minimum atomic E-state index is -0.424. The van der Waals surface area contributed by atoms with E-state index < -0.39 is 5.91 Å². The lowest BCUT2D eigenvalue weighted by molar-refractivity contribution is 0.0948. The maximum Gasteiger partial charge on any atom is 0.287 e. The first-order valence-corrected chi connectivity index (χ1v) is 6.90. The lowest BCUT2D eigenvalue weighted by Gasteiger charge is -2.12. The average molecular weight is 271 g/mol. The molecule has 3 N–H and O–H groups in total. The Morgan fingerprint density at radius 1 is 1.78 bits per heavy atom. The molecule has 100 valence electrons. The number of aryl methyl sites for hydroxylation is 1. The Balaban J connectivity index is 1.76. The zero-order valence-corrected chi connectivity index (χ0v) is 11.0. The van der Waals surface area contributed by atoms with E-state index in [9.17, 15) is 4.79 Å². The number of amides is 1. The molecule has 0 radical (unpaired) electrons. The fourth-order valence-corrected chi connectivity index (χ4v) is 3.02. The third kappa shape index (κ3) is 3.21. The summed E-state index contributed by atoms with van der Waals surface area (Å²) in [4.78, 5) is 11.2. The highest BCUT2D eigenvalue weighted by Crippen LogP contribution is 2.26. The standard InChI is InChI=1S/C10H17N5O2S/c1-7-9(2-4-17-7)18-5-3-15-6-8(13-14-15)10(16)12-11/h6-7,9H,2-5,11H2,1H3,(H,12,16). The number of nitrogen functional groups attached to an aromatic ring is 1. The van der Waals surface area contributed by atoms with Crippen LogP contribution in [0.3, 0.4) is 0 Å². The zero-order chi connectivity index (χ0) is 13.0. The second-order valence-corrected chi connectivity index (χ2v) is 5.46. The van der Waals surface area contributed by atoms with Crippen molar-refractivity contribution in [2.75, 3.05) is 12.4 Å². The first-order chi connectivity index (χ1) is 8.70. The molecule has 1 aromatic rings. The van der Waals surface area contributed by atoms with Gasteiger partial charge in [-0.25, -0.2) is 5.84 Å². The summed E-state index contributed by atoms with van der Waals surface area (Å²) in [7, 11) is 0. The van der Waals surface area contributed by atoms with Crippen molar-refractivity contribution in [1.29, 1.82) is 0 Å². The summed E-state index contributed by atoms with van der Waals surface area (Å²) in [5, 5.41) is 8.17. The molecule has 2 unspecified atom stereocenters. The molecule has 1 saturated heterocycles. The molecule has 1 fully saturated rings. The highest BCUT2D eigenvalue weighted by Gasteiger charge is 2.24. The smallest absolute Gasteiger partial charge is 0.287 e. The maximum absolute atomic E-state index is 11.2. The van der Waals surface area contributed by atoms with Gasteiger partial charge in [0.15, 0.2) is 5.69 Å². The van der Waals surface area contributed by atoms with Crippen molar-refractivity contribution in [3.05, 3.63) is 11.9 Å². The van der Waals surface area contributed by atoms with Gasteiger partial charge in [0.2, 0.25) is 0 Å². The molecule has 1 aliphatic rings. The second-order valence-electron chi connectivity index (χ2n) is 4.11. The molecule has 7 nitrogen and oxygen atoms in total. The van der Waals surface area contributed by atoms with E-state index in [0.717, 1.165) is 25.3 Å². The number of carbonyl (C=O) groups excluding carboxylic acids is 1. The highest BCUT2D eigenvalue weighted by atomic mass is 32.2. The zero-order valence-electron chi connectivity index (χ0n) is 10.2. The first kappa shape index (κ1) is 13.3. The van der Waals surface area contributed by atoms with E-state index in [0.29, 0.717) is 11.4 Å². The summed E-state index contributed by atoms with van der Waals surface area (Å²) in [6, 6.07) is 0. The number of ether oxygens (including phenoxy) is 1. The van der Waals surface area contributed by atoms with E-state index in [-0.39, 0.29) is 5.69 Å². The molecule has 0 aromatic carbocycles. The molecule has 1 aromatic heterocycles. The van der Waals surface area contributed by atoms with Gasteiger partial charge in [0.05, 0.1) is 18.8 Å². The molecular weight excluding hydrogens is 254 g/mol. The van der Waals surface area contributed by atoms with Gasteiger partial charge >= 0.3 is 0 Å². The van der Waals surface area contributed by atoms with Crippen molar-refractivity contribution in [3.63, 3.8) is 0 Å². The molecule has 0 saturated carbocycles. The number of carbonyl (C=O) groups is 1. The molecule has 0 bridgehead atoms. The van der Waals surface area contributed by atoms with Crippen molar-refractivity contribution in [2.24, 2.45) is 5.84 Å². The normalized spacial score (nSPS) is 23.2. The lowest BCUT2D eigenvalue weighted by atomic mass is 10.3. The topological polar surface area (TPSA) is 95.1 Å². The van der Waals surface area contributed by atoms with Gasteiger partial charge in [-0.1, -0.05) is 5.21 Å². The van der Waals surface area contributed by atoms with E-state index in [2.05, 4.69) is 17.2 Å². The molecular formula is C10H17N5O2S. The minimum absolute atomic E-state index is 0.236. The fourth-order valence-electron chi connectivity index (χ4n) is 1.81. The molecule has 1 amide bonds. The van der Waals surface area contributed by atoms with Crippen LogP contribution in [-0.2, 0) is 11.3 Å². The SMILES string of the molecule is CC1OCCC1SCCn1cc(C(=O)NN)nn1. The molecule has 0 spiro atoms. The molecule has 18 heavy (non-hydrogen) atoms. The highest BCUT2D eigenvalue weighted by molar-refractivity contribution is 7.99. The third-order valence-electron chi connectivity index (χ3n) is 2.86. The summed E-state index contributed by atoms with van der Waals surface area (Å²) in [6.07, 6.45) is 3.02. The van der Waals surface area contributed by atoms with Gasteiger partial charge in [-0.15, -0.1) is 5.10 Å². The number of aromatic nitrogens is 3. The number of thioether (sulfide) groups is 1. The summed E-state index contributed by atoms with van der Waals surface area (Å²) >= 11 is 1.87. The van der Waals surface area contributed by atoms with E-state index in [4.69, 9.17) is 10.6 Å². The Morgan fingerprint density at radius 2 is 2.61 bits per heavy atom. The van der Waals surface area contributed by atoms with Crippen LogP contribution >= 0.6 is 11.8 Å². The fraction of sp³-hybridized carbons (Fsp3) is 0.700. The van der Waals surface area contributed by atoms with Gasteiger partial charge in [-0.05, 0) is 13.3 Å². The number of hydrogen-bond acceptors (Lipinski definition) is 6. The van der Waals surface area contributed by atoms with E-state index in [1.54, 1.807) is 10.9 Å². The quantitative estimate of drug-likeness (QED) is 0.437. The number of nitrogens with one attached hydrogen (secondary N) is 1. The average Bonchev–Trinajstić information content (AvgIpc) is 2.99. The van der Waals surface area contributed by atoms with Gasteiger partial charge in [0.1, 0.15) is 0 Å². The number of nitrogens with two attached hydrogens (primary N) is 1. The van der Waals surface area contributed by atoms with Crippen LogP contribution in [0.2, 0.25) is 0 Å². The molecule has 1 aliphatic heterocycles. The molecule has 0 aliphatic carbocycles. The van der Waals surface area contributed by atoms with E-state index >= 15 is 0 Å². The van der Waals surface area contributed by atoms with Crippen LogP contribution in [0, 0.1) is 0 Å². The monoisotopic (exact) mass is 271 g/mol. The molecule has 2 heterocycles. The summed E-state index contributed by atoms with van der Waals surface area (Å²) in [5.74, 6) is 5.51. The lowest BCUT2D eigenvalue weighted by Crippen LogP contribution is -2.30. The van der Waals surface area contributed by atoms with E-state index in [1.807, 2.05) is 17.2 Å². The second kappa shape index (κ2) is 6.17. The Kier molecular flexibility index (Phi) is 4.56. The largest absolute Gasteiger partial charge is 0.377 e. The molecule has 8 heteroatoms. The van der Waals surface area contributed by atoms with Crippen LogP contribution < -0.4 is 11.3 Å². The summed E-state index contributed by atoms with van der Waals surface area (Å²) in [6.45, 7) is 3.67. The van der Waals surface area contributed by atoms with Crippen LogP contribution in [0.4, 0.5) is 0 Å². The Labute approximate surface area is 109 Å². The summed E-state index contributed by atoms with van der Waals surface area (Å²) < 4.78 is 7.15. The van der Waals surface area contributed by atoms with Crippen LogP contribution in [-0.4, -0.2) is 44.6 Å². The minimum Gasteiger partial charge on any atom is -0.377 e. The van der Waals surface area contributed by atoms with Gasteiger partial charge in [0.25, 0.3) is 5.91 Å². The van der Waals surface area contributed by atoms with Gasteiger partial charge in [-0.2, -0.15) is 11.8 Å². The van der Waals surface area contributed by atoms with E-state index in [1.165, 1.54) is 0 Å².